The Morgan fingerprint density at radius 3 is 1.91 bits per heavy atom. The molecule has 1 aromatic carbocycles. The second-order valence-electron chi connectivity index (χ2n) is 5.91. The third kappa shape index (κ3) is 20.9. The van der Waals surface area contributed by atoms with Crippen LogP contribution >= 0.6 is 0 Å². The number of hydrogen-bond donors (Lipinski definition) is 1. The summed E-state index contributed by atoms with van der Waals surface area (Å²) in [7, 11) is 6.54. The summed E-state index contributed by atoms with van der Waals surface area (Å²) in [4.78, 5) is 15.1. The summed E-state index contributed by atoms with van der Waals surface area (Å²) < 4.78 is 19.5. The van der Waals surface area contributed by atoms with E-state index in [0.29, 0.717) is 30.3 Å². The van der Waals surface area contributed by atoms with Gasteiger partial charge in [-0.05, 0) is 56.2 Å². The smallest absolute Gasteiger partial charge is 0.150 e. The molecule has 0 amide bonds. The van der Waals surface area contributed by atoms with Crippen molar-refractivity contribution in [3.8, 4) is 11.5 Å². The molecule has 0 aliphatic heterocycles. The molecule has 0 bridgehead atoms. The summed E-state index contributed by atoms with van der Waals surface area (Å²) in [5.41, 5.74) is 2.38. The number of nitrogens with zero attached hydrogens (tertiary/aromatic N) is 1. The molecule has 1 aromatic heterocycles. The Morgan fingerprint density at radius 2 is 1.53 bits per heavy atom. The molecule has 0 unspecified atom stereocenters. The van der Waals surface area contributed by atoms with Crippen molar-refractivity contribution in [3.63, 3.8) is 0 Å². The molecule has 7 heteroatoms. The SMILES string of the molecule is CC.CCCO.CCOC.COC.COCc1cc(C=O)cc(Oc2ccc(C)nc2)c1. The van der Waals surface area contributed by atoms with Gasteiger partial charge in [0, 0.05) is 52.9 Å². The number of carbonyl (C=O) groups is 1. The molecule has 1 N–H and O–H groups in total. The Morgan fingerprint density at radius 1 is 0.969 bits per heavy atom. The molecule has 0 aliphatic rings. The van der Waals surface area contributed by atoms with Gasteiger partial charge in [0.15, 0.2) is 0 Å². The number of aliphatic hydroxyl groups is 1. The van der Waals surface area contributed by atoms with Crippen molar-refractivity contribution in [2.24, 2.45) is 0 Å². The number of rotatable bonds is 7. The van der Waals surface area contributed by atoms with Crippen LogP contribution in [0.4, 0.5) is 0 Å². The zero-order chi connectivity index (χ0) is 25.2. The van der Waals surface area contributed by atoms with Gasteiger partial charge in [-0.15, -0.1) is 0 Å². The third-order valence-corrected chi connectivity index (χ3v) is 3.07. The van der Waals surface area contributed by atoms with Crippen LogP contribution in [0, 0.1) is 6.92 Å². The van der Waals surface area contributed by atoms with E-state index in [4.69, 9.17) is 14.6 Å². The Labute approximate surface area is 194 Å². The maximum absolute atomic E-state index is 10.9. The molecule has 0 saturated carbocycles. The number of aldehydes is 1. The van der Waals surface area contributed by atoms with Crippen molar-refractivity contribution in [2.75, 3.05) is 41.7 Å². The van der Waals surface area contributed by atoms with Gasteiger partial charge >= 0.3 is 0 Å². The van der Waals surface area contributed by atoms with Crippen LogP contribution in [-0.4, -0.2) is 58.0 Å². The van der Waals surface area contributed by atoms with Crippen LogP contribution in [0.5, 0.6) is 11.5 Å². The maximum Gasteiger partial charge on any atom is 0.150 e. The van der Waals surface area contributed by atoms with E-state index in [1.807, 2.05) is 52.8 Å². The van der Waals surface area contributed by atoms with E-state index in [1.165, 1.54) is 0 Å². The normalized spacial score (nSPS) is 8.69. The van der Waals surface area contributed by atoms with Gasteiger partial charge in [0.2, 0.25) is 0 Å². The number of hydrogen-bond acceptors (Lipinski definition) is 7. The highest BCUT2D eigenvalue weighted by molar-refractivity contribution is 5.76. The Hall–Kier alpha value is -2.32. The lowest BCUT2D eigenvalue weighted by Crippen LogP contribution is -1.93. The van der Waals surface area contributed by atoms with E-state index in [2.05, 4.69) is 14.5 Å². The largest absolute Gasteiger partial charge is 0.456 e. The van der Waals surface area contributed by atoms with Gasteiger partial charge in [-0.1, -0.05) is 20.8 Å². The van der Waals surface area contributed by atoms with Crippen LogP contribution in [0.2, 0.25) is 0 Å². The van der Waals surface area contributed by atoms with Crippen LogP contribution in [0.15, 0.2) is 36.5 Å². The van der Waals surface area contributed by atoms with Gasteiger partial charge in [-0.25, -0.2) is 0 Å². The second kappa shape index (κ2) is 26.7. The Kier molecular flexibility index (Phi) is 28.6. The highest BCUT2D eigenvalue weighted by atomic mass is 16.5. The van der Waals surface area contributed by atoms with Gasteiger partial charge < -0.3 is 24.1 Å². The average Bonchev–Trinajstić information content (AvgIpc) is 2.82. The van der Waals surface area contributed by atoms with Crippen molar-refractivity contribution >= 4 is 6.29 Å². The third-order valence-electron chi connectivity index (χ3n) is 3.07. The first kappa shape index (κ1) is 34.3. The van der Waals surface area contributed by atoms with Crippen molar-refractivity contribution in [1.29, 1.82) is 0 Å². The minimum atomic E-state index is 0.319. The second-order valence-corrected chi connectivity index (χ2v) is 5.91. The fourth-order valence-electron chi connectivity index (χ4n) is 1.71. The number of aliphatic hydroxyl groups excluding tert-OH is 1. The summed E-state index contributed by atoms with van der Waals surface area (Å²) in [6.07, 6.45) is 3.32. The number of carbonyl (C=O) groups excluding carboxylic acids is 1. The summed E-state index contributed by atoms with van der Waals surface area (Å²) in [6, 6.07) is 9.01. The number of benzene rings is 1. The Bertz CT molecular complexity index is 639. The van der Waals surface area contributed by atoms with E-state index in [1.54, 1.807) is 46.8 Å². The van der Waals surface area contributed by atoms with E-state index >= 15 is 0 Å². The molecule has 1 heterocycles. The molecular weight excluding hydrogens is 410 g/mol. The molecule has 32 heavy (non-hydrogen) atoms. The molecule has 0 aliphatic carbocycles. The van der Waals surface area contributed by atoms with Crippen LogP contribution < -0.4 is 4.74 Å². The first-order valence-corrected chi connectivity index (χ1v) is 10.6. The zero-order valence-corrected chi connectivity index (χ0v) is 21.3. The van der Waals surface area contributed by atoms with E-state index in [9.17, 15) is 4.79 Å². The number of aryl methyl sites for hydroxylation is 1. The molecule has 0 saturated heterocycles. The monoisotopic (exact) mass is 453 g/mol. The zero-order valence-electron chi connectivity index (χ0n) is 21.3. The predicted octanol–water partition coefficient (Wildman–Crippen LogP) is 5.47. The fraction of sp³-hybridized carbons (Fsp3) is 0.520. The van der Waals surface area contributed by atoms with Crippen molar-refractivity contribution in [1.82, 2.24) is 4.98 Å². The average molecular weight is 454 g/mol. The van der Waals surface area contributed by atoms with Crippen molar-refractivity contribution in [2.45, 2.75) is 47.6 Å². The highest BCUT2D eigenvalue weighted by Crippen LogP contribution is 2.23. The van der Waals surface area contributed by atoms with E-state index < -0.39 is 0 Å². The van der Waals surface area contributed by atoms with Gasteiger partial charge in [-0.2, -0.15) is 0 Å². The molecule has 0 spiro atoms. The minimum Gasteiger partial charge on any atom is -0.456 e. The van der Waals surface area contributed by atoms with Gasteiger partial charge in [0.05, 0.1) is 12.8 Å². The lowest BCUT2D eigenvalue weighted by molar-refractivity contribution is 0.112. The quantitative estimate of drug-likeness (QED) is 0.556. The first-order chi connectivity index (χ1) is 15.4. The van der Waals surface area contributed by atoms with Gasteiger partial charge in [0.1, 0.15) is 17.8 Å². The maximum atomic E-state index is 10.9. The molecular formula is C25H43NO6. The van der Waals surface area contributed by atoms with Crippen LogP contribution in [0.1, 0.15) is 55.7 Å². The van der Waals surface area contributed by atoms with Gasteiger partial charge in [-0.3, -0.25) is 9.78 Å². The van der Waals surface area contributed by atoms with Crippen molar-refractivity contribution in [3.05, 3.63) is 53.3 Å². The number of ether oxygens (including phenoxy) is 4. The molecule has 0 fully saturated rings. The molecule has 2 rings (SSSR count). The number of pyridine rings is 1. The first-order valence-electron chi connectivity index (χ1n) is 10.6. The van der Waals surface area contributed by atoms with E-state index in [-0.39, 0.29) is 0 Å². The molecule has 7 nitrogen and oxygen atoms in total. The van der Waals surface area contributed by atoms with Crippen molar-refractivity contribution < 1.29 is 28.8 Å². The summed E-state index contributed by atoms with van der Waals surface area (Å²) >= 11 is 0. The molecule has 184 valence electrons. The van der Waals surface area contributed by atoms with Crippen LogP contribution in [0.25, 0.3) is 0 Å². The fourth-order valence-corrected chi connectivity index (χ4v) is 1.71. The molecule has 0 atom stereocenters. The van der Waals surface area contributed by atoms with E-state index in [0.717, 1.165) is 30.6 Å². The lowest BCUT2D eigenvalue weighted by Gasteiger charge is -2.08. The predicted molar refractivity (Wildman–Crippen MR) is 131 cm³/mol. The molecule has 0 radical (unpaired) electrons. The Balaban J connectivity index is -0.000000538. The minimum absolute atomic E-state index is 0.319. The topological polar surface area (TPSA) is 87.1 Å². The number of aromatic nitrogens is 1. The van der Waals surface area contributed by atoms with Gasteiger partial charge in [0.25, 0.3) is 0 Å². The summed E-state index contributed by atoms with van der Waals surface area (Å²) in [5, 5.41) is 7.88. The standard InChI is InChI=1S/C15H15NO3.2C3H8O.C2H6O.C2H6/c1-11-3-4-14(8-16-11)19-15-6-12(9-17)5-13(7-15)10-18-2;1-3-4-2;1-2-3-4;1-3-2;1-2/h3-9H,10H2,1-2H3;3H2,1-2H3;4H,2-3H2,1H3;1-2H3;1-2H3. The number of methoxy groups -OCH3 is 3. The lowest BCUT2D eigenvalue weighted by atomic mass is 10.1. The molecule has 2 aromatic rings. The van der Waals surface area contributed by atoms with Crippen LogP contribution in [-0.2, 0) is 20.8 Å². The summed E-state index contributed by atoms with van der Waals surface area (Å²) in [5.74, 6) is 1.24. The highest BCUT2D eigenvalue weighted by Gasteiger charge is 2.03. The summed E-state index contributed by atoms with van der Waals surface area (Å²) in [6.45, 7) is 11.4. The van der Waals surface area contributed by atoms with Crippen LogP contribution in [0.3, 0.4) is 0 Å².